The Kier molecular flexibility index (Phi) is 28.8. The molecule has 0 saturated carbocycles. The van der Waals surface area contributed by atoms with Crippen molar-refractivity contribution in [3.05, 3.63) is 141 Å². The molecule has 0 aliphatic carbocycles. The van der Waals surface area contributed by atoms with Gasteiger partial charge >= 0.3 is 0 Å². The van der Waals surface area contributed by atoms with Crippen LogP contribution in [0.25, 0.3) is 0 Å². The summed E-state index contributed by atoms with van der Waals surface area (Å²) < 4.78 is 0. The number of halogens is 2. The summed E-state index contributed by atoms with van der Waals surface area (Å²) in [6.07, 6.45) is 0.733. The molecule has 0 aromatic heterocycles. The van der Waals surface area contributed by atoms with E-state index in [1.54, 1.807) is 117 Å². The van der Waals surface area contributed by atoms with Crippen LogP contribution in [0.15, 0.2) is 103 Å². The predicted molar refractivity (Wildman–Crippen MR) is 373 cm³/mol. The SMILES string of the molecule is CC[C@H](C)[C@@H]1NC(=O)[C@H](C)N(C)C(=O)C[C@@H](C(=O)N2CCCC2)NC(=O)[C@H](C(C)C)N(C)C(=O)[C@H](Cc2ccccc2)N(C)C(=O)[C@H](Cc2cccc(C)c2)NC(=O)[C@H](Cc2cccc(Cl)c2)NC(=O)CN(C)C(=O)[C@H](Cc2ccc(Cl)cc2)N(C)C(=O)CN(C)C(=O)CN(C)C1=O. The Hall–Kier alpha value is -8.90. The Bertz CT molecular complexity index is 3520. The zero-order chi connectivity index (χ0) is 72.4. The third-order valence-corrected chi connectivity index (χ3v) is 19.0. The van der Waals surface area contributed by atoms with Crippen molar-refractivity contribution in [2.24, 2.45) is 11.8 Å². The monoisotopic (exact) mass is 1390 g/mol. The fraction of sp³-hybridized carbons (Fsp3) is 0.500. The number of nitrogens with zero attached hydrogens (tertiary/aromatic N) is 8. The van der Waals surface area contributed by atoms with E-state index in [0.717, 1.165) is 30.1 Å². The maximum Gasteiger partial charge on any atom is 0.246 e. The highest BCUT2D eigenvalue weighted by molar-refractivity contribution is 6.31. The van der Waals surface area contributed by atoms with Crippen LogP contribution >= 0.6 is 23.2 Å². The predicted octanol–water partition coefficient (Wildman–Crippen LogP) is 3.94. The molecule has 24 nitrogen and oxygen atoms in total. The van der Waals surface area contributed by atoms with Crippen molar-refractivity contribution in [3.8, 4) is 0 Å². The molecular weight excluding hydrogens is 1300 g/mol. The van der Waals surface area contributed by atoms with Crippen molar-refractivity contribution < 1.29 is 57.5 Å². The van der Waals surface area contributed by atoms with E-state index < -0.39 is 157 Å². The van der Waals surface area contributed by atoms with E-state index in [4.69, 9.17) is 23.2 Å². The molecule has 12 amide bonds. The van der Waals surface area contributed by atoms with Gasteiger partial charge in [0.25, 0.3) is 0 Å². The number of likely N-dealkylation sites (N-methyl/N-ethyl adjacent to an activating group) is 7. The number of likely N-dealkylation sites (tertiary alicyclic amines) is 1. The summed E-state index contributed by atoms with van der Waals surface area (Å²) >= 11 is 12.7. The summed E-state index contributed by atoms with van der Waals surface area (Å²) in [4.78, 5) is 186. The Morgan fingerprint density at radius 2 is 1.06 bits per heavy atom. The zero-order valence-electron chi connectivity index (χ0n) is 58.5. The maximum absolute atomic E-state index is 15.6. The molecule has 4 aromatic carbocycles. The summed E-state index contributed by atoms with van der Waals surface area (Å²) in [5.41, 5.74) is 3.23. The molecule has 0 spiro atoms. The molecule has 98 heavy (non-hydrogen) atoms. The minimum Gasteiger partial charge on any atom is -0.342 e. The number of carbonyl (C=O) groups excluding carboxylic acids is 12. The summed E-state index contributed by atoms with van der Waals surface area (Å²) in [5.74, 6) is -9.68. The molecular formula is C72H96Cl2N12O12. The van der Waals surface area contributed by atoms with Gasteiger partial charge < -0.3 is 60.5 Å². The van der Waals surface area contributed by atoms with Crippen molar-refractivity contribution in [1.82, 2.24) is 60.5 Å². The number of rotatable bonds is 12. The minimum absolute atomic E-state index is 0.0731. The van der Waals surface area contributed by atoms with Gasteiger partial charge in [-0.2, -0.15) is 0 Å². The molecule has 2 aliphatic heterocycles. The summed E-state index contributed by atoms with van der Waals surface area (Å²) in [6, 6.07) is 18.6. The van der Waals surface area contributed by atoms with Gasteiger partial charge in [0.2, 0.25) is 70.9 Å². The topological polar surface area (TPSA) is 279 Å². The molecule has 9 atom stereocenters. The Labute approximate surface area is 585 Å². The third kappa shape index (κ3) is 21.3. The summed E-state index contributed by atoms with van der Waals surface area (Å²) in [5, 5.41) is 12.0. The second-order valence-electron chi connectivity index (χ2n) is 26.3. The highest BCUT2D eigenvalue weighted by atomic mass is 35.5. The smallest absolute Gasteiger partial charge is 0.246 e. The van der Waals surface area contributed by atoms with E-state index >= 15 is 19.2 Å². The Balaban J connectivity index is 1.46. The first-order valence-corrected chi connectivity index (χ1v) is 33.9. The van der Waals surface area contributed by atoms with Crippen molar-refractivity contribution in [2.75, 3.05) is 82.1 Å². The standard InChI is InChI=1S/C72H96Cl2N12O12/c1-14-46(5)63-72(98)81(9)42-61(89)79(7)43-62(90)83(11)57(39-49-28-30-52(73)31-29-49)70(96)80(8)41-59(87)75-54(36-51-26-21-27-53(74)35-51)66(92)76-55(37-50-25-20-22-45(4)34-50)68(94)84(12)58(38-48-23-16-15-17-24-48)71(97)85(13)64(44(2)3)67(93)77-56(69(95)86-32-18-19-33-86)40-60(88)82(10)47(6)65(91)78-63/h15-17,20-31,34-35,44,46-47,54-58,63-64H,14,18-19,32-33,36-43H2,1-13H3,(H,75,87)(H,76,92)(H,77,93)(H,78,91)/t46-,47-,54-,55-,56-,57-,58-,63-,64-/m0/s1. The van der Waals surface area contributed by atoms with Crippen molar-refractivity contribution in [1.29, 1.82) is 0 Å². The van der Waals surface area contributed by atoms with E-state index in [2.05, 4.69) is 21.3 Å². The van der Waals surface area contributed by atoms with Crippen LogP contribution in [0.4, 0.5) is 0 Å². The molecule has 6 rings (SSSR count). The van der Waals surface area contributed by atoms with Crippen LogP contribution in [0.3, 0.4) is 0 Å². The molecule has 2 heterocycles. The summed E-state index contributed by atoms with van der Waals surface area (Å²) in [6.45, 7) is 9.22. The molecule has 4 N–H and O–H groups in total. The second-order valence-corrected chi connectivity index (χ2v) is 27.2. The lowest BCUT2D eigenvalue weighted by Crippen LogP contribution is -2.61. The van der Waals surface area contributed by atoms with Crippen molar-refractivity contribution in [3.63, 3.8) is 0 Å². The molecule has 2 saturated heterocycles. The minimum atomic E-state index is -1.48. The van der Waals surface area contributed by atoms with E-state index in [-0.39, 0.29) is 25.7 Å². The zero-order valence-corrected chi connectivity index (χ0v) is 60.0. The largest absolute Gasteiger partial charge is 0.342 e. The Morgan fingerprint density at radius 3 is 1.66 bits per heavy atom. The van der Waals surface area contributed by atoms with Crippen LogP contribution in [-0.4, -0.2) is 240 Å². The number of hydrogen-bond donors (Lipinski definition) is 4. The van der Waals surface area contributed by atoms with Gasteiger partial charge in [0.15, 0.2) is 0 Å². The lowest BCUT2D eigenvalue weighted by atomic mass is 9.97. The number of benzene rings is 4. The number of amides is 12. The molecule has 0 bridgehead atoms. The number of hydrogen-bond acceptors (Lipinski definition) is 12. The van der Waals surface area contributed by atoms with Crippen LogP contribution in [0.5, 0.6) is 0 Å². The second kappa shape index (κ2) is 36.1. The average molecular weight is 1390 g/mol. The van der Waals surface area contributed by atoms with E-state index in [9.17, 15) is 38.4 Å². The van der Waals surface area contributed by atoms with Gasteiger partial charge in [0, 0.05) is 98.2 Å². The lowest BCUT2D eigenvalue weighted by Gasteiger charge is -2.38. The molecule has 0 unspecified atom stereocenters. The van der Waals surface area contributed by atoms with Gasteiger partial charge in [0.05, 0.1) is 26.1 Å². The van der Waals surface area contributed by atoms with Crippen molar-refractivity contribution in [2.45, 2.75) is 141 Å². The van der Waals surface area contributed by atoms with Gasteiger partial charge in [-0.3, -0.25) is 57.5 Å². The molecule has 2 fully saturated rings. The van der Waals surface area contributed by atoms with Crippen LogP contribution < -0.4 is 21.3 Å². The van der Waals surface area contributed by atoms with E-state index in [1.165, 1.54) is 66.1 Å². The lowest BCUT2D eigenvalue weighted by molar-refractivity contribution is -0.150. The number of aryl methyl sites for hydroxylation is 1. The van der Waals surface area contributed by atoms with Gasteiger partial charge in [-0.1, -0.05) is 142 Å². The number of carbonyl (C=O) groups is 12. The number of nitrogens with one attached hydrogen (secondary N) is 4. The maximum atomic E-state index is 15.6. The van der Waals surface area contributed by atoms with Crippen molar-refractivity contribution >= 4 is 94.1 Å². The highest BCUT2D eigenvalue weighted by Gasteiger charge is 2.42. The fourth-order valence-electron chi connectivity index (χ4n) is 12.1. The first-order chi connectivity index (χ1) is 46.3. The average Bonchev–Trinajstić information content (AvgIpc) is 0.905. The van der Waals surface area contributed by atoms with Gasteiger partial charge in [0.1, 0.15) is 48.3 Å². The fourth-order valence-corrected chi connectivity index (χ4v) is 12.4. The third-order valence-electron chi connectivity index (χ3n) is 18.5. The first-order valence-electron chi connectivity index (χ1n) is 33.2. The Morgan fingerprint density at radius 1 is 0.500 bits per heavy atom. The van der Waals surface area contributed by atoms with Gasteiger partial charge in [-0.15, -0.1) is 0 Å². The van der Waals surface area contributed by atoms with Crippen LogP contribution in [0.2, 0.25) is 10.0 Å². The molecule has 2 aliphatic rings. The molecule has 4 aromatic rings. The van der Waals surface area contributed by atoms with Crippen LogP contribution in [0.1, 0.15) is 88.1 Å². The quantitative estimate of drug-likeness (QED) is 0.157. The summed E-state index contributed by atoms with van der Waals surface area (Å²) in [7, 11) is 9.65. The van der Waals surface area contributed by atoms with Crippen LogP contribution in [0, 0.1) is 18.8 Å². The molecule has 0 radical (unpaired) electrons. The van der Waals surface area contributed by atoms with Crippen LogP contribution in [-0.2, 0) is 83.2 Å². The normalized spacial score (nSPS) is 23.4. The van der Waals surface area contributed by atoms with E-state index in [1.807, 2.05) is 26.0 Å². The highest BCUT2D eigenvalue weighted by Crippen LogP contribution is 2.23. The molecule has 530 valence electrons. The van der Waals surface area contributed by atoms with E-state index in [0.29, 0.717) is 64.7 Å². The molecule has 26 heteroatoms. The van der Waals surface area contributed by atoms with Gasteiger partial charge in [-0.05, 0) is 85.0 Å². The van der Waals surface area contributed by atoms with Gasteiger partial charge in [-0.25, -0.2) is 0 Å². The first kappa shape index (κ1) is 78.1.